The number of para-hydroxylation sites is 4. The van der Waals surface area contributed by atoms with Crippen molar-refractivity contribution in [1.82, 2.24) is 4.57 Å². The summed E-state index contributed by atoms with van der Waals surface area (Å²) in [5.41, 5.74) is 19.8. The molecule has 1 unspecified atom stereocenters. The van der Waals surface area contributed by atoms with E-state index in [0.717, 1.165) is 45.3 Å². The van der Waals surface area contributed by atoms with Gasteiger partial charge in [0.05, 0.1) is 33.5 Å². The van der Waals surface area contributed by atoms with Crippen LogP contribution >= 0.6 is 0 Å². The molecule has 1 aromatic heterocycles. The van der Waals surface area contributed by atoms with Crippen molar-refractivity contribution in [3.63, 3.8) is 0 Å². The Morgan fingerprint density at radius 2 is 0.838 bits per heavy atom. The maximum atomic E-state index is 2.54. The fourth-order valence-corrected chi connectivity index (χ4v) is 11.9. The summed E-state index contributed by atoms with van der Waals surface area (Å²) in [6.07, 6.45) is 0. The molecule has 11 aromatic carbocycles. The molecule has 1 heterocycles. The van der Waals surface area contributed by atoms with E-state index in [1.807, 2.05) is 0 Å². The minimum atomic E-state index is -0.639. The largest absolute Gasteiger partial charge is 0.310 e. The van der Waals surface area contributed by atoms with E-state index < -0.39 is 5.41 Å². The molecule has 0 aliphatic heterocycles. The lowest BCUT2D eigenvalue weighted by Crippen LogP contribution is -2.28. The molecule has 0 fully saturated rings. The number of hydrogen-bond donors (Lipinski definition) is 0. The average molecular weight is 866 g/mol. The Bertz CT molecular complexity index is 3880. The molecule has 1 spiro atoms. The summed E-state index contributed by atoms with van der Waals surface area (Å²) in [6.45, 7) is 0. The monoisotopic (exact) mass is 865 g/mol. The van der Waals surface area contributed by atoms with Crippen molar-refractivity contribution in [1.29, 1.82) is 0 Å². The highest BCUT2D eigenvalue weighted by molar-refractivity contribution is 6.12. The number of aromatic nitrogens is 1. The number of rotatable bonds is 7. The van der Waals surface area contributed by atoms with Gasteiger partial charge in [-0.1, -0.05) is 188 Å². The first-order valence-corrected chi connectivity index (χ1v) is 23.5. The molecule has 0 amide bonds. The average Bonchev–Trinajstić information content (AvgIpc) is 4.02. The second-order valence-electron chi connectivity index (χ2n) is 18.0. The number of benzene rings is 11. The minimum absolute atomic E-state index is 0.639. The van der Waals surface area contributed by atoms with Crippen LogP contribution in [-0.2, 0) is 5.41 Å². The van der Waals surface area contributed by atoms with E-state index in [2.05, 4.69) is 275 Å². The van der Waals surface area contributed by atoms with Gasteiger partial charge in [-0.25, -0.2) is 0 Å². The van der Waals surface area contributed by atoms with Crippen LogP contribution in [-0.4, -0.2) is 4.57 Å². The summed E-state index contributed by atoms with van der Waals surface area (Å²) < 4.78 is 2.42. The molecule has 3 nitrogen and oxygen atoms in total. The molecule has 68 heavy (non-hydrogen) atoms. The molecular formula is C65H43N3. The van der Waals surface area contributed by atoms with Gasteiger partial charge < -0.3 is 14.4 Å². The Morgan fingerprint density at radius 1 is 0.309 bits per heavy atom. The van der Waals surface area contributed by atoms with E-state index in [1.165, 1.54) is 71.6 Å². The fourth-order valence-electron chi connectivity index (χ4n) is 11.9. The summed E-state index contributed by atoms with van der Waals surface area (Å²) in [5, 5.41) is 4.85. The summed E-state index contributed by atoms with van der Waals surface area (Å²) in [5.74, 6) is 0. The number of anilines is 6. The SMILES string of the molecule is c1ccc(N(c2ccccc2)c2cccc3c2C2(c4ccccc4-3)c3ccccc3-c3c(N(c4ccc5c6ccccc6n(-c6ccccc6)c5c4)c4cccc5ccccc45)cccc32)cc1. The lowest BCUT2D eigenvalue weighted by atomic mass is 9.70. The molecule has 318 valence electrons. The highest BCUT2D eigenvalue weighted by Gasteiger charge is 2.54. The summed E-state index contributed by atoms with van der Waals surface area (Å²) in [4.78, 5) is 5.00. The Hall–Kier alpha value is -8.92. The van der Waals surface area contributed by atoms with Crippen LogP contribution in [0.1, 0.15) is 22.3 Å². The van der Waals surface area contributed by atoms with Crippen LogP contribution in [0.2, 0.25) is 0 Å². The van der Waals surface area contributed by atoms with Gasteiger partial charge in [-0.2, -0.15) is 0 Å². The van der Waals surface area contributed by atoms with E-state index >= 15 is 0 Å². The summed E-state index contributed by atoms with van der Waals surface area (Å²) >= 11 is 0. The zero-order chi connectivity index (χ0) is 44.8. The normalized spacial score (nSPS) is 14.2. The zero-order valence-electron chi connectivity index (χ0n) is 37.2. The third-order valence-corrected chi connectivity index (χ3v) is 14.5. The Balaban J connectivity index is 1.09. The van der Waals surface area contributed by atoms with Gasteiger partial charge in [0.2, 0.25) is 0 Å². The maximum Gasteiger partial charge on any atom is 0.0746 e. The molecule has 3 heteroatoms. The van der Waals surface area contributed by atoms with Crippen LogP contribution in [0, 0.1) is 0 Å². The smallest absolute Gasteiger partial charge is 0.0746 e. The van der Waals surface area contributed by atoms with Gasteiger partial charge in [0.25, 0.3) is 0 Å². The third-order valence-electron chi connectivity index (χ3n) is 14.5. The van der Waals surface area contributed by atoms with Gasteiger partial charge in [0, 0.05) is 50.0 Å². The van der Waals surface area contributed by atoms with Crippen LogP contribution in [0.5, 0.6) is 0 Å². The first kappa shape index (κ1) is 38.4. The first-order chi connectivity index (χ1) is 33.8. The third kappa shape index (κ3) is 5.41. The van der Waals surface area contributed by atoms with E-state index in [9.17, 15) is 0 Å². The Labute approximate surface area is 395 Å². The second-order valence-corrected chi connectivity index (χ2v) is 18.0. The summed E-state index contributed by atoms with van der Waals surface area (Å²) in [6, 6.07) is 96.2. The van der Waals surface area contributed by atoms with E-state index in [0.29, 0.717) is 0 Å². The fraction of sp³-hybridized carbons (Fsp3) is 0.0154. The molecule has 0 saturated heterocycles. The van der Waals surface area contributed by atoms with Crippen LogP contribution in [0.3, 0.4) is 0 Å². The predicted molar refractivity (Wildman–Crippen MR) is 284 cm³/mol. The molecule has 14 rings (SSSR count). The van der Waals surface area contributed by atoms with Crippen molar-refractivity contribution < 1.29 is 0 Å². The Morgan fingerprint density at radius 3 is 1.62 bits per heavy atom. The van der Waals surface area contributed by atoms with Gasteiger partial charge in [-0.3, -0.25) is 0 Å². The van der Waals surface area contributed by atoms with Crippen molar-refractivity contribution >= 4 is 66.7 Å². The van der Waals surface area contributed by atoms with Crippen LogP contribution in [0.25, 0.3) is 60.5 Å². The quantitative estimate of drug-likeness (QED) is 0.158. The second kappa shape index (κ2) is 15.1. The Kier molecular flexibility index (Phi) is 8.50. The van der Waals surface area contributed by atoms with Crippen molar-refractivity contribution in [2.75, 3.05) is 9.80 Å². The molecular weight excluding hydrogens is 823 g/mol. The molecule has 0 radical (unpaired) electrons. The van der Waals surface area contributed by atoms with Crippen molar-refractivity contribution in [3.05, 3.63) is 283 Å². The summed E-state index contributed by atoms with van der Waals surface area (Å²) in [7, 11) is 0. The molecule has 12 aromatic rings. The van der Waals surface area contributed by atoms with Crippen LogP contribution < -0.4 is 9.80 Å². The van der Waals surface area contributed by atoms with E-state index in [1.54, 1.807) is 0 Å². The number of fused-ring (bicyclic) bond motifs is 14. The van der Waals surface area contributed by atoms with Gasteiger partial charge in [-0.15, -0.1) is 0 Å². The highest BCUT2D eigenvalue weighted by atomic mass is 15.2. The van der Waals surface area contributed by atoms with Gasteiger partial charge in [0.15, 0.2) is 0 Å². The van der Waals surface area contributed by atoms with Crippen molar-refractivity contribution in [3.8, 4) is 27.9 Å². The molecule has 1 atom stereocenters. The maximum absolute atomic E-state index is 2.54. The standard InChI is InChI=1S/C65H43N3/c1-4-23-45(24-5-1)66(46-25-6-2-7-26-46)61-40-19-33-53-50-30-12-15-34-55(50)65(64(53)61)56-35-16-13-32-54(56)63-57(65)36-20-39-60(63)68(58-38-18-22-44-21-10-11-29-49(44)58)48-41-42-52-51-31-14-17-37-59(51)67(62(52)43-48)47-27-8-3-9-28-47/h1-43H. The van der Waals surface area contributed by atoms with E-state index in [-0.39, 0.29) is 0 Å². The number of hydrogen-bond acceptors (Lipinski definition) is 2. The van der Waals surface area contributed by atoms with Gasteiger partial charge >= 0.3 is 0 Å². The van der Waals surface area contributed by atoms with Crippen LogP contribution in [0.4, 0.5) is 34.1 Å². The van der Waals surface area contributed by atoms with Crippen molar-refractivity contribution in [2.24, 2.45) is 0 Å². The first-order valence-electron chi connectivity index (χ1n) is 23.5. The lowest BCUT2D eigenvalue weighted by Gasteiger charge is -2.36. The van der Waals surface area contributed by atoms with Gasteiger partial charge in [0.1, 0.15) is 0 Å². The molecule has 0 saturated carbocycles. The minimum Gasteiger partial charge on any atom is -0.310 e. The van der Waals surface area contributed by atoms with E-state index in [4.69, 9.17) is 0 Å². The molecule has 2 aliphatic carbocycles. The lowest BCUT2D eigenvalue weighted by molar-refractivity contribution is 0.793. The van der Waals surface area contributed by atoms with Crippen LogP contribution in [0.15, 0.2) is 261 Å². The zero-order valence-corrected chi connectivity index (χ0v) is 37.2. The highest BCUT2D eigenvalue weighted by Crippen LogP contribution is 2.67. The van der Waals surface area contributed by atoms with Gasteiger partial charge in [-0.05, 0) is 112 Å². The number of nitrogens with zero attached hydrogens (tertiary/aromatic N) is 3. The van der Waals surface area contributed by atoms with Crippen molar-refractivity contribution in [2.45, 2.75) is 5.41 Å². The molecule has 0 bridgehead atoms. The predicted octanol–water partition coefficient (Wildman–Crippen LogP) is 17.2. The molecule has 0 N–H and O–H groups in total. The topological polar surface area (TPSA) is 11.4 Å². The molecule has 2 aliphatic rings.